The van der Waals surface area contributed by atoms with E-state index in [1.807, 2.05) is 53.9 Å². The van der Waals surface area contributed by atoms with Crippen molar-refractivity contribution in [1.82, 2.24) is 25.5 Å². The van der Waals surface area contributed by atoms with Crippen LogP contribution in [0.1, 0.15) is 65.7 Å². The molecule has 3 aromatic rings. The van der Waals surface area contributed by atoms with E-state index >= 15 is 0 Å². The fourth-order valence-electron chi connectivity index (χ4n) is 6.39. The Kier molecular flexibility index (Phi) is 9.41. The smallest absolute Gasteiger partial charge is 0.408 e. The zero-order chi connectivity index (χ0) is 34.1. The summed E-state index contributed by atoms with van der Waals surface area (Å²) in [6, 6.07) is 9.27. The first kappa shape index (κ1) is 33.4. The van der Waals surface area contributed by atoms with E-state index in [2.05, 4.69) is 10.6 Å². The van der Waals surface area contributed by atoms with Crippen molar-refractivity contribution in [3.05, 3.63) is 53.9 Å². The van der Waals surface area contributed by atoms with E-state index in [-0.39, 0.29) is 31.2 Å². The number of carboxylic acid groups (broad SMARTS) is 1. The van der Waals surface area contributed by atoms with Crippen LogP contribution in [0.2, 0.25) is 0 Å². The predicted molar refractivity (Wildman–Crippen MR) is 179 cm³/mol. The number of allylic oxidation sites excluding steroid dienone is 1. The van der Waals surface area contributed by atoms with Crippen molar-refractivity contribution in [1.29, 1.82) is 0 Å². The van der Waals surface area contributed by atoms with Gasteiger partial charge in [0, 0.05) is 12.3 Å². The van der Waals surface area contributed by atoms with E-state index < -0.39 is 53.2 Å². The minimum Gasteiger partial charge on any atom is -0.479 e. The molecule has 1 saturated carbocycles. The second-order valence-electron chi connectivity index (χ2n) is 13.7. The average Bonchev–Trinajstić information content (AvgIpc) is 3.34. The Bertz CT molecular complexity index is 1720. The number of para-hydroxylation sites is 2. The van der Waals surface area contributed by atoms with E-state index in [9.17, 15) is 24.3 Å². The highest BCUT2D eigenvalue weighted by molar-refractivity contribution is 7.13. The minimum atomic E-state index is -1.44. The van der Waals surface area contributed by atoms with E-state index in [1.54, 1.807) is 20.8 Å². The first-order chi connectivity index (χ1) is 22.9. The van der Waals surface area contributed by atoms with Crippen molar-refractivity contribution in [3.8, 4) is 16.5 Å². The molecular weight excluding hydrogens is 634 g/mol. The number of ether oxygens (including phenoxy) is 2. The molecule has 1 aromatic carbocycles. The number of rotatable bonds is 5. The summed E-state index contributed by atoms with van der Waals surface area (Å²) in [6.45, 7) is 5.24. The van der Waals surface area contributed by atoms with Gasteiger partial charge in [-0.2, -0.15) is 0 Å². The maximum absolute atomic E-state index is 14.3. The molecule has 3 aliphatic rings. The number of carbonyl (C=O) groups is 4. The van der Waals surface area contributed by atoms with Crippen LogP contribution >= 0.6 is 11.3 Å². The fraction of sp³-hybridized carbons (Fsp3) is 0.486. The number of thiophene rings is 1. The Balaban J connectivity index is 1.32. The average molecular weight is 676 g/mol. The maximum Gasteiger partial charge on any atom is 0.408 e. The lowest BCUT2D eigenvalue weighted by Gasteiger charge is -2.30. The van der Waals surface area contributed by atoms with Crippen LogP contribution in [0.5, 0.6) is 5.88 Å². The molecular formula is C35H41N5O7S. The van der Waals surface area contributed by atoms with Crippen LogP contribution < -0.4 is 15.4 Å². The molecule has 12 nitrogen and oxygen atoms in total. The van der Waals surface area contributed by atoms with Crippen LogP contribution in [0.3, 0.4) is 0 Å². The van der Waals surface area contributed by atoms with Gasteiger partial charge in [0.1, 0.15) is 35.0 Å². The Hall–Kier alpha value is -4.52. The molecule has 0 bridgehead atoms. The van der Waals surface area contributed by atoms with Crippen molar-refractivity contribution in [2.75, 3.05) is 6.54 Å². The highest BCUT2D eigenvalue weighted by atomic mass is 32.1. The maximum atomic E-state index is 14.3. The molecule has 48 heavy (non-hydrogen) atoms. The van der Waals surface area contributed by atoms with Gasteiger partial charge in [-0.3, -0.25) is 9.59 Å². The molecule has 13 heteroatoms. The Morgan fingerprint density at radius 1 is 1.08 bits per heavy atom. The van der Waals surface area contributed by atoms with Crippen LogP contribution in [-0.2, 0) is 19.1 Å². The third-order valence-electron chi connectivity index (χ3n) is 8.88. The molecule has 2 aromatic heterocycles. The van der Waals surface area contributed by atoms with Crippen LogP contribution in [0.15, 0.2) is 53.9 Å². The molecule has 0 spiro atoms. The lowest BCUT2D eigenvalue weighted by atomic mass is 10.0. The van der Waals surface area contributed by atoms with E-state index in [4.69, 9.17) is 19.4 Å². The van der Waals surface area contributed by atoms with E-state index in [1.165, 1.54) is 16.2 Å². The summed E-state index contributed by atoms with van der Waals surface area (Å²) in [5, 5.41) is 17.6. The molecule has 3 amide bonds. The molecule has 5 atom stereocenters. The SMILES string of the molecule is CC(C)(C)OC(=O)N[C@H]1CCCCC/C=C\C2C[C@@]2(C(=O)O)NC(=O)[C@@H]2CC(Oc3nc4ccccc4nc3-c3cccs3)CN2C1=O. The molecule has 4 heterocycles. The first-order valence-corrected chi connectivity index (χ1v) is 17.3. The lowest BCUT2D eigenvalue weighted by Crippen LogP contribution is -2.56. The largest absolute Gasteiger partial charge is 0.479 e. The molecule has 2 fully saturated rings. The number of alkyl carbamates (subject to hydrolysis) is 1. The lowest BCUT2D eigenvalue weighted by molar-refractivity contribution is -0.145. The van der Waals surface area contributed by atoms with Gasteiger partial charge in [0.25, 0.3) is 0 Å². The third-order valence-corrected chi connectivity index (χ3v) is 9.76. The van der Waals surface area contributed by atoms with Crippen LogP contribution in [-0.4, -0.2) is 79.7 Å². The number of aliphatic carboxylic acids is 1. The number of amides is 3. The van der Waals surface area contributed by atoms with Gasteiger partial charge in [0.05, 0.1) is 22.5 Å². The quantitative estimate of drug-likeness (QED) is 0.314. The number of carbonyl (C=O) groups excluding carboxylic acids is 3. The number of benzene rings is 1. The van der Waals surface area contributed by atoms with Gasteiger partial charge in [-0.1, -0.05) is 43.2 Å². The number of fused-ring (bicyclic) bond motifs is 3. The number of carboxylic acids is 1. The highest BCUT2D eigenvalue weighted by Crippen LogP contribution is 2.45. The number of hydrogen-bond acceptors (Lipinski definition) is 9. The van der Waals surface area contributed by atoms with Crippen molar-refractivity contribution in [2.24, 2.45) is 5.92 Å². The fourth-order valence-corrected chi connectivity index (χ4v) is 7.10. The number of nitrogens with one attached hydrogen (secondary N) is 2. The molecule has 3 N–H and O–H groups in total. The summed E-state index contributed by atoms with van der Waals surface area (Å²) in [7, 11) is 0. The molecule has 0 radical (unpaired) electrons. The monoisotopic (exact) mass is 675 g/mol. The van der Waals surface area contributed by atoms with Gasteiger partial charge in [-0.15, -0.1) is 11.3 Å². The number of nitrogens with zero attached hydrogens (tertiary/aromatic N) is 3. The molecule has 254 valence electrons. The standard InChI is InChI=1S/C35H41N5O7S/c1-34(2,3)47-33(45)38-25-15-8-6-4-5-7-12-21-19-35(21,32(43)44)39-29(41)26-18-22(20-40(26)31(25)42)46-30-28(27-16-11-17-48-27)36-23-13-9-10-14-24(23)37-30/h7,9-14,16-17,21-22,25-26H,4-6,8,15,18-20H2,1-3H3,(H,38,45)(H,39,41)(H,43,44)/b12-7-/t21?,22?,25-,26-,35+/m0/s1. The van der Waals surface area contributed by atoms with Gasteiger partial charge in [0.15, 0.2) is 0 Å². The summed E-state index contributed by atoms with van der Waals surface area (Å²) < 4.78 is 12.0. The molecule has 2 unspecified atom stereocenters. The van der Waals surface area contributed by atoms with Crippen molar-refractivity contribution in [3.63, 3.8) is 0 Å². The zero-order valence-corrected chi connectivity index (χ0v) is 28.1. The second kappa shape index (κ2) is 13.5. The van der Waals surface area contributed by atoms with Gasteiger partial charge in [0.2, 0.25) is 17.7 Å². The minimum absolute atomic E-state index is 0.0191. The van der Waals surface area contributed by atoms with Crippen LogP contribution in [0.25, 0.3) is 21.6 Å². The van der Waals surface area contributed by atoms with E-state index in [0.717, 1.165) is 24.1 Å². The molecule has 2 aliphatic heterocycles. The van der Waals surface area contributed by atoms with Crippen LogP contribution in [0.4, 0.5) is 4.79 Å². The molecule has 1 aliphatic carbocycles. The summed E-state index contributed by atoms with van der Waals surface area (Å²) in [6.07, 6.45) is 6.18. The topological polar surface area (TPSA) is 160 Å². The summed E-state index contributed by atoms with van der Waals surface area (Å²) in [4.78, 5) is 65.5. The van der Waals surface area contributed by atoms with Gasteiger partial charge in [-0.25, -0.2) is 19.6 Å². The molecule has 1 saturated heterocycles. The normalized spacial score (nSPS) is 27.1. The van der Waals surface area contributed by atoms with Crippen molar-refractivity contribution in [2.45, 2.75) is 95.0 Å². The number of aromatic nitrogens is 2. The Morgan fingerprint density at radius 2 is 1.85 bits per heavy atom. The number of hydrogen-bond donors (Lipinski definition) is 3. The van der Waals surface area contributed by atoms with Crippen LogP contribution in [0, 0.1) is 5.92 Å². The summed E-state index contributed by atoms with van der Waals surface area (Å²) in [5.74, 6) is -2.23. The Morgan fingerprint density at radius 3 is 2.56 bits per heavy atom. The first-order valence-electron chi connectivity index (χ1n) is 16.4. The summed E-state index contributed by atoms with van der Waals surface area (Å²) in [5.41, 5.74) is -0.337. The Labute approximate surface area is 282 Å². The van der Waals surface area contributed by atoms with Gasteiger partial charge >= 0.3 is 12.1 Å². The van der Waals surface area contributed by atoms with Crippen molar-refractivity contribution >= 4 is 46.2 Å². The van der Waals surface area contributed by atoms with Crippen molar-refractivity contribution < 1.29 is 33.8 Å². The highest BCUT2D eigenvalue weighted by Gasteiger charge is 2.61. The second-order valence-corrected chi connectivity index (χ2v) is 14.6. The molecule has 6 rings (SSSR count). The summed E-state index contributed by atoms with van der Waals surface area (Å²) >= 11 is 1.49. The van der Waals surface area contributed by atoms with E-state index in [0.29, 0.717) is 29.6 Å². The zero-order valence-electron chi connectivity index (χ0n) is 27.3. The van der Waals surface area contributed by atoms with Gasteiger partial charge in [-0.05, 0) is 70.0 Å². The third kappa shape index (κ3) is 7.30. The van der Waals surface area contributed by atoms with Gasteiger partial charge < -0.3 is 30.1 Å². The predicted octanol–water partition coefficient (Wildman–Crippen LogP) is 5.08.